The van der Waals surface area contributed by atoms with Gasteiger partial charge in [0, 0.05) is 6.04 Å². The summed E-state index contributed by atoms with van der Waals surface area (Å²) < 4.78 is 5.43. The Balaban J connectivity index is 2.01. The summed E-state index contributed by atoms with van der Waals surface area (Å²) in [5.74, 6) is 1.03. The molecule has 0 amide bonds. The molecule has 1 aromatic rings. The second-order valence-electron chi connectivity index (χ2n) is 4.73. The van der Waals surface area contributed by atoms with Crippen molar-refractivity contribution in [3.8, 4) is 5.75 Å². The van der Waals surface area contributed by atoms with Crippen molar-refractivity contribution in [2.45, 2.75) is 39.2 Å². The van der Waals surface area contributed by atoms with Crippen molar-refractivity contribution < 1.29 is 4.74 Å². The number of benzene rings is 1. The molecule has 1 saturated carbocycles. The molecule has 0 unspecified atom stereocenters. The average molecular weight is 219 g/mol. The first-order valence-electron chi connectivity index (χ1n) is 6.08. The minimum absolute atomic E-state index is 0.789. The zero-order valence-electron chi connectivity index (χ0n) is 10.5. The van der Waals surface area contributed by atoms with E-state index in [-0.39, 0.29) is 0 Å². The van der Waals surface area contributed by atoms with E-state index in [4.69, 9.17) is 4.74 Å². The van der Waals surface area contributed by atoms with Crippen molar-refractivity contribution in [2.24, 2.45) is 0 Å². The van der Waals surface area contributed by atoms with Gasteiger partial charge in [-0.15, -0.1) is 0 Å². The van der Waals surface area contributed by atoms with Gasteiger partial charge in [0.05, 0.1) is 7.11 Å². The third-order valence-electron chi connectivity index (χ3n) is 3.30. The topological polar surface area (TPSA) is 21.3 Å². The van der Waals surface area contributed by atoms with Gasteiger partial charge in [-0.25, -0.2) is 0 Å². The van der Waals surface area contributed by atoms with Crippen LogP contribution in [0.1, 0.15) is 29.5 Å². The monoisotopic (exact) mass is 219 g/mol. The van der Waals surface area contributed by atoms with Crippen LogP contribution < -0.4 is 10.1 Å². The summed E-state index contributed by atoms with van der Waals surface area (Å²) in [7, 11) is 1.75. The predicted molar refractivity (Wildman–Crippen MR) is 67.2 cm³/mol. The van der Waals surface area contributed by atoms with Gasteiger partial charge in [0.2, 0.25) is 0 Å². The largest absolute Gasteiger partial charge is 0.496 e. The molecule has 0 saturated heterocycles. The number of hydrogen-bond acceptors (Lipinski definition) is 2. The van der Waals surface area contributed by atoms with E-state index in [2.05, 4.69) is 31.3 Å². The molecule has 0 atom stereocenters. The predicted octanol–water partition coefficient (Wildman–Crippen LogP) is 2.61. The molecule has 88 valence electrons. The number of methoxy groups -OCH3 is 1. The summed E-state index contributed by atoms with van der Waals surface area (Å²) in [6.07, 6.45) is 3.76. The van der Waals surface area contributed by atoms with E-state index in [1.807, 2.05) is 0 Å². The Kier molecular flexibility index (Phi) is 3.49. The molecule has 1 N–H and O–H groups in total. The fraction of sp³-hybridized carbons (Fsp3) is 0.571. The highest BCUT2D eigenvalue weighted by molar-refractivity contribution is 5.41. The number of ether oxygens (including phenoxy) is 1. The van der Waals surface area contributed by atoms with Crippen molar-refractivity contribution in [1.29, 1.82) is 0 Å². The van der Waals surface area contributed by atoms with Gasteiger partial charge in [0.25, 0.3) is 0 Å². The van der Waals surface area contributed by atoms with Crippen molar-refractivity contribution in [3.05, 3.63) is 28.8 Å². The van der Waals surface area contributed by atoms with Crippen molar-refractivity contribution in [3.63, 3.8) is 0 Å². The Morgan fingerprint density at radius 3 is 2.56 bits per heavy atom. The molecule has 16 heavy (non-hydrogen) atoms. The quantitative estimate of drug-likeness (QED) is 0.822. The van der Waals surface area contributed by atoms with Crippen LogP contribution in [0.5, 0.6) is 5.75 Å². The van der Waals surface area contributed by atoms with Crippen LogP contribution in [-0.2, 0) is 6.42 Å². The van der Waals surface area contributed by atoms with Crippen LogP contribution in [0, 0.1) is 13.8 Å². The van der Waals surface area contributed by atoms with E-state index < -0.39 is 0 Å². The van der Waals surface area contributed by atoms with Crippen molar-refractivity contribution in [1.82, 2.24) is 5.32 Å². The highest BCUT2D eigenvalue weighted by Gasteiger charge is 2.19. The second kappa shape index (κ2) is 4.88. The number of aryl methyl sites for hydroxylation is 2. The smallest absolute Gasteiger partial charge is 0.122 e. The van der Waals surface area contributed by atoms with E-state index in [9.17, 15) is 0 Å². The third kappa shape index (κ3) is 2.76. The Hall–Kier alpha value is -1.02. The molecule has 0 spiro atoms. The third-order valence-corrected chi connectivity index (χ3v) is 3.30. The molecule has 1 aliphatic rings. The molecule has 0 aromatic heterocycles. The van der Waals surface area contributed by atoms with Gasteiger partial charge < -0.3 is 10.1 Å². The standard InChI is InChI=1S/C14H21NO/c1-10-8-12(6-7-15-13-4-5-13)14(16-3)9-11(10)2/h8-9,13,15H,4-7H2,1-3H3. The second-order valence-corrected chi connectivity index (χ2v) is 4.73. The van der Waals surface area contributed by atoms with E-state index in [0.717, 1.165) is 24.8 Å². The summed E-state index contributed by atoms with van der Waals surface area (Å²) in [4.78, 5) is 0. The van der Waals surface area contributed by atoms with E-state index in [1.165, 1.54) is 29.5 Å². The zero-order chi connectivity index (χ0) is 11.5. The van der Waals surface area contributed by atoms with Crippen LogP contribution in [0.2, 0.25) is 0 Å². The molecule has 1 aliphatic carbocycles. The first kappa shape index (κ1) is 11.5. The Labute approximate surface area is 98.0 Å². The molecule has 0 bridgehead atoms. The first-order valence-corrected chi connectivity index (χ1v) is 6.08. The lowest BCUT2D eigenvalue weighted by Crippen LogP contribution is -2.19. The van der Waals surface area contributed by atoms with Gasteiger partial charge >= 0.3 is 0 Å². The van der Waals surface area contributed by atoms with Crippen LogP contribution in [0.3, 0.4) is 0 Å². The Bertz CT molecular complexity index is 369. The highest BCUT2D eigenvalue weighted by atomic mass is 16.5. The summed E-state index contributed by atoms with van der Waals surface area (Å²) in [5.41, 5.74) is 3.97. The Morgan fingerprint density at radius 1 is 1.25 bits per heavy atom. The van der Waals surface area contributed by atoms with E-state index in [0.29, 0.717) is 0 Å². The number of rotatable bonds is 5. The van der Waals surface area contributed by atoms with Gasteiger partial charge in [-0.1, -0.05) is 6.07 Å². The summed E-state index contributed by atoms with van der Waals surface area (Å²) in [6, 6.07) is 5.18. The van der Waals surface area contributed by atoms with E-state index >= 15 is 0 Å². The minimum atomic E-state index is 0.789. The van der Waals surface area contributed by atoms with Crippen LogP contribution in [0.15, 0.2) is 12.1 Å². The maximum Gasteiger partial charge on any atom is 0.122 e. The molecule has 2 nitrogen and oxygen atoms in total. The summed E-state index contributed by atoms with van der Waals surface area (Å²) >= 11 is 0. The average Bonchev–Trinajstić information content (AvgIpc) is 3.07. The molecule has 2 rings (SSSR count). The summed E-state index contributed by atoms with van der Waals surface area (Å²) in [6.45, 7) is 5.35. The van der Waals surface area contributed by atoms with Crippen LogP contribution in [-0.4, -0.2) is 19.7 Å². The maximum atomic E-state index is 5.43. The molecule has 2 heteroatoms. The molecule has 0 aliphatic heterocycles. The van der Waals surface area contributed by atoms with Gasteiger partial charge in [-0.3, -0.25) is 0 Å². The highest BCUT2D eigenvalue weighted by Crippen LogP contribution is 2.24. The molecule has 0 heterocycles. The first-order chi connectivity index (χ1) is 7.70. The fourth-order valence-electron chi connectivity index (χ4n) is 1.93. The van der Waals surface area contributed by atoms with Crippen molar-refractivity contribution in [2.75, 3.05) is 13.7 Å². The molecule has 1 fully saturated rings. The molecular weight excluding hydrogens is 198 g/mol. The molecule has 1 aromatic carbocycles. The van der Waals surface area contributed by atoms with Gasteiger partial charge in [0.15, 0.2) is 0 Å². The van der Waals surface area contributed by atoms with Gasteiger partial charge in [0.1, 0.15) is 5.75 Å². The van der Waals surface area contributed by atoms with Gasteiger partial charge in [-0.05, 0) is 62.4 Å². The lowest BCUT2D eigenvalue weighted by atomic mass is 10.0. The summed E-state index contributed by atoms with van der Waals surface area (Å²) in [5, 5.41) is 3.53. The lowest BCUT2D eigenvalue weighted by Gasteiger charge is -2.12. The number of nitrogens with one attached hydrogen (secondary N) is 1. The SMILES string of the molecule is COc1cc(C)c(C)cc1CCNC1CC1. The minimum Gasteiger partial charge on any atom is -0.496 e. The van der Waals surface area contributed by atoms with Crippen molar-refractivity contribution >= 4 is 0 Å². The lowest BCUT2D eigenvalue weighted by molar-refractivity contribution is 0.408. The van der Waals surface area contributed by atoms with Crippen LogP contribution in [0.25, 0.3) is 0 Å². The fourth-order valence-corrected chi connectivity index (χ4v) is 1.93. The normalized spacial score (nSPS) is 15.2. The van der Waals surface area contributed by atoms with E-state index in [1.54, 1.807) is 7.11 Å². The molecular formula is C14H21NO. The zero-order valence-corrected chi connectivity index (χ0v) is 10.5. The van der Waals surface area contributed by atoms with Crippen LogP contribution in [0.4, 0.5) is 0 Å². The van der Waals surface area contributed by atoms with Crippen LogP contribution >= 0.6 is 0 Å². The number of hydrogen-bond donors (Lipinski definition) is 1. The maximum absolute atomic E-state index is 5.43. The molecule has 0 radical (unpaired) electrons. The Morgan fingerprint density at radius 2 is 1.94 bits per heavy atom. The van der Waals surface area contributed by atoms with Gasteiger partial charge in [-0.2, -0.15) is 0 Å².